The van der Waals surface area contributed by atoms with E-state index in [9.17, 15) is 24.1 Å². The van der Waals surface area contributed by atoms with Crippen LogP contribution in [-0.2, 0) is 22.4 Å². The molecule has 2 amide bonds. The second-order valence-electron chi connectivity index (χ2n) is 5.69. The van der Waals surface area contributed by atoms with Crippen molar-refractivity contribution in [1.29, 1.82) is 0 Å². The Hall–Kier alpha value is -3.29. The van der Waals surface area contributed by atoms with Crippen LogP contribution in [0.2, 0.25) is 0 Å². The zero-order valence-electron chi connectivity index (χ0n) is 13.0. The Balaban J connectivity index is 1.74. The van der Waals surface area contributed by atoms with Crippen LogP contribution in [0, 0.1) is 15.9 Å². The summed E-state index contributed by atoms with van der Waals surface area (Å²) in [5.74, 6) is -1.32. The summed E-state index contributed by atoms with van der Waals surface area (Å²) in [5.41, 5.74) is 1.51. The first-order valence-corrected chi connectivity index (χ1v) is 7.58. The monoisotopic (exact) mass is 343 g/mol. The van der Waals surface area contributed by atoms with Crippen molar-refractivity contribution in [2.45, 2.75) is 19.3 Å². The molecule has 0 fully saturated rings. The van der Waals surface area contributed by atoms with Gasteiger partial charge in [-0.1, -0.05) is 12.1 Å². The van der Waals surface area contributed by atoms with E-state index in [1.165, 1.54) is 30.3 Å². The molecule has 1 heterocycles. The van der Waals surface area contributed by atoms with Crippen LogP contribution in [0.1, 0.15) is 17.5 Å². The summed E-state index contributed by atoms with van der Waals surface area (Å²) in [4.78, 5) is 33.7. The van der Waals surface area contributed by atoms with E-state index in [4.69, 9.17) is 0 Å². The van der Waals surface area contributed by atoms with Crippen LogP contribution >= 0.6 is 0 Å². The summed E-state index contributed by atoms with van der Waals surface area (Å²) in [5, 5.41) is 15.8. The number of benzene rings is 2. The molecular formula is C17H14FN3O4. The Morgan fingerprint density at radius 1 is 1.28 bits per heavy atom. The molecule has 128 valence electrons. The molecule has 25 heavy (non-hydrogen) atoms. The van der Waals surface area contributed by atoms with Crippen molar-refractivity contribution in [2.75, 3.05) is 10.6 Å². The number of rotatable bonds is 4. The summed E-state index contributed by atoms with van der Waals surface area (Å²) in [7, 11) is 0. The standard InChI is InChI=1S/C17H14FN3O4/c18-13-9-14-11(4-5-16(22)19-14)8-15(13)20-17(23)7-10-2-1-3-12(6-10)21(24)25/h1-3,6,8-9H,4-5,7H2,(H,19,22)(H,20,23). The quantitative estimate of drug-likeness (QED) is 0.658. The van der Waals surface area contributed by atoms with Gasteiger partial charge >= 0.3 is 0 Å². The molecule has 8 heteroatoms. The van der Waals surface area contributed by atoms with E-state index in [2.05, 4.69) is 10.6 Å². The molecule has 0 aliphatic carbocycles. The number of hydrogen-bond acceptors (Lipinski definition) is 4. The van der Waals surface area contributed by atoms with Crippen LogP contribution in [0.4, 0.5) is 21.5 Å². The summed E-state index contributed by atoms with van der Waals surface area (Å²) in [6, 6.07) is 8.39. The molecule has 1 aliphatic heterocycles. The Kier molecular flexibility index (Phi) is 4.42. The molecule has 3 rings (SSSR count). The van der Waals surface area contributed by atoms with Gasteiger partial charge in [0.1, 0.15) is 5.82 Å². The largest absolute Gasteiger partial charge is 0.326 e. The molecule has 0 radical (unpaired) electrons. The van der Waals surface area contributed by atoms with Crippen LogP contribution in [-0.4, -0.2) is 16.7 Å². The number of aryl methyl sites for hydroxylation is 1. The summed E-state index contributed by atoms with van der Waals surface area (Å²) in [6.07, 6.45) is 0.657. The van der Waals surface area contributed by atoms with E-state index < -0.39 is 16.6 Å². The number of nitro benzene ring substituents is 1. The lowest BCUT2D eigenvalue weighted by Gasteiger charge is -2.18. The number of nitrogens with zero attached hydrogens (tertiary/aromatic N) is 1. The topological polar surface area (TPSA) is 101 Å². The first-order chi connectivity index (χ1) is 11.9. The Morgan fingerprint density at radius 3 is 2.84 bits per heavy atom. The van der Waals surface area contributed by atoms with Crippen molar-refractivity contribution in [1.82, 2.24) is 0 Å². The Bertz CT molecular complexity index is 882. The molecule has 1 aliphatic rings. The number of fused-ring (bicyclic) bond motifs is 1. The number of carbonyl (C=O) groups is 2. The van der Waals surface area contributed by atoms with Crippen molar-refractivity contribution in [2.24, 2.45) is 0 Å². The maximum absolute atomic E-state index is 14.1. The molecule has 0 bridgehead atoms. The fraction of sp³-hybridized carbons (Fsp3) is 0.176. The van der Waals surface area contributed by atoms with Gasteiger partial charge in [0, 0.05) is 24.2 Å². The smallest absolute Gasteiger partial charge is 0.269 e. The van der Waals surface area contributed by atoms with E-state index in [0.717, 1.165) is 5.56 Å². The molecule has 0 atom stereocenters. The zero-order valence-corrected chi connectivity index (χ0v) is 13.0. The predicted molar refractivity (Wildman–Crippen MR) is 88.8 cm³/mol. The number of hydrogen-bond donors (Lipinski definition) is 2. The van der Waals surface area contributed by atoms with Gasteiger partial charge in [-0.15, -0.1) is 0 Å². The molecule has 0 saturated carbocycles. The molecule has 0 saturated heterocycles. The lowest BCUT2D eigenvalue weighted by Crippen LogP contribution is -2.20. The van der Waals surface area contributed by atoms with Crippen molar-refractivity contribution in [3.8, 4) is 0 Å². The van der Waals surface area contributed by atoms with E-state index in [-0.39, 0.29) is 23.7 Å². The highest BCUT2D eigenvalue weighted by molar-refractivity contribution is 5.96. The van der Waals surface area contributed by atoms with Crippen LogP contribution in [0.15, 0.2) is 36.4 Å². The first-order valence-electron chi connectivity index (χ1n) is 7.58. The second-order valence-corrected chi connectivity index (χ2v) is 5.69. The zero-order chi connectivity index (χ0) is 18.0. The number of amides is 2. The van der Waals surface area contributed by atoms with E-state index >= 15 is 0 Å². The summed E-state index contributed by atoms with van der Waals surface area (Å²) in [6.45, 7) is 0. The number of carbonyl (C=O) groups excluding carboxylic acids is 2. The van der Waals surface area contributed by atoms with Gasteiger partial charge in [0.2, 0.25) is 11.8 Å². The maximum Gasteiger partial charge on any atom is 0.269 e. The van der Waals surface area contributed by atoms with E-state index in [1.807, 2.05) is 0 Å². The third-order valence-electron chi connectivity index (χ3n) is 3.85. The fourth-order valence-corrected chi connectivity index (χ4v) is 2.66. The first kappa shape index (κ1) is 16.6. The molecular weight excluding hydrogens is 329 g/mol. The van der Waals surface area contributed by atoms with Gasteiger partial charge in [-0.3, -0.25) is 19.7 Å². The highest BCUT2D eigenvalue weighted by Crippen LogP contribution is 2.28. The predicted octanol–water partition coefficient (Wildman–Crippen LogP) is 2.80. The van der Waals surface area contributed by atoms with Crippen LogP contribution in [0.25, 0.3) is 0 Å². The SMILES string of the molecule is O=C(Cc1cccc([N+](=O)[O-])c1)Nc1cc2c(cc1F)NC(=O)CC2. The van der Waals surface area contributed by atoms with Crippen LogP contribution in [0.3, 0.4) is 0 Å². The molecule has 0 spiro atoms. The number of anilines is 2. The normalized spacial score (nSPS) is 12.9. The highest BCUT2D eigenvalue weighted by atomic mass is 19.1. The Labute approximate surface area is 142 Å². The van der Waals surface area contributed by atoms with Gasteiger partial charge in [-0.05, 0) is 29.7 Å². The van der Waals surface area contributed by atoms with Gasteiger partial charge in [-0.25, -0.2) is 4.39 Å². The molecule has 2 aromatic carbocycles. The van der Waals surface area contributed by atoms with Crippen molar-refractivity contribution < 1.29 is 18.9 Å². The third-order valence-corrected chi connectivity index (χ3v) is 3.85. The number of non-ortho nitro benzene ring substituents is 1. The van der Waals surface area contributed by atoms with Crippen molar-refractivity contribution >= 4 is 28.9 Å². The molecule has 0 unspecified atom stereocenters. The number of halogens is 1. The highest BCUT2D eigenvalue weighted by Gasteiger charge is 2.18. The van der Waals surface area contributed by atoms with Gasteiger partial charge in [0.25, 0.3) is 5.69 Å². The Morgan fingerprint density at radius 2 is 2.08 bits per heavy atom. The number of nitro groups is 1. The van der Waals surface area contributed by atoms with Gasteiger partial charge in [0.15, 0.2) is 0 Å². The van der Waals surface area contributed by atoms with Gasteiger partial charge in [0.05, 0.1) is 17.0 Å². The lowest BCUT2D eigenvalue weighted by atomic mass is 10.0. The second kappa shape index (κ2) is 6.68. The summed E-state index contributed by atoms with van der Waals surface area (Å²) < 4.78 is 14.1. The molecule has 2 N–H and O–H groups in total. The minimum atomic E-state index is -0.659. The van der Waals surface area contributed by atoms with Crippen molar-refractivity contribution in [3.05, 3.63) is 63.5 Å². The lowest BCUT2D eigenvalue weighted by molar-refractivity contribution is -0.384. The molecule has 7 nitrogen and oxygen atoms in total. The van der Waals surface area contributed by atoms with E-state index in [0.29, 0.717) is 24.1 Å². The average Bonchev–Trinajstić information content (AvgIpc) is 2.56. The minimum Gasteiger partial charge on any atom is -0.326 e. The van der Waals surface area contributed by atoms with Crippen molar-refractivity contribution in [3.63, 3.8) is 0 Å². The third kappa shape index (κ3) is 3.79. The van der Waals surface area contributed by atoms with Crippen LogP contribution < -0.4 is 10.6 Å². The maximum atomic E-state index is 14.1. The number of nitrogens with one attached hydrogen (secondary N) is 2. The van der Waals surface area contributed by atoms with Gasteiger partial charge in [-0.2, -0.15) is 0 Å². The fourth-order valence-electron chi connectivity index (χ4n) is 2.66. The van der Waals surface area contributed by atoms with Gasteiger partial charge < -0.3 is 10.6 Å². The molecule has 0 aromatic heterocycles. The average molecular weight is 343 g/mol. The molecule has 2 aromatic rings. The van der Waals surface area contributed by atoms with E-state index in [1.54, 1.807) is 6.07 Å². The minimum absolute atomic E-state index is 0.0188. The van der Waals surface area contributed by atoms with Crippen LogP contribution in [0.5, 0.6) is 0 Å². The summed E-state index contributed by atoms with van der Waals surface area (Å²) >= 11 is 0.